The van der Waals surface area contributed by atoms with Crippen LogP contribution in [0.2, 0.25) is 0 Å². The van der Waals surface area contributed by atoms with E-state index in [-0.39, 0.29) is 20.6 Å². The lowest BCUT2D eigenvalue weighted by molar-refractivity contribution is 0.426. The molecule has 0 bridgehead atoms. The average molecular weight is 805 g/mol. The summed E-state index contributed by atoms with van der Waals surface area (Å²) in [4.78, 5) is 20.1. The smallest absolute Gasteiger partial charge is 0.101 e. The highest BCUT2D eigenvalue weighted by Gasteiger charge is 2.48. The first-order chi connectivity index (χ1) is 28.2. The van der Waals surface area contributed by atoms with Crippen LogP contribution in [0.3, 0.4) is 0 Å². The third-order valence-corrected chi connectivity index (χ3v) is 16.6. The van der Waals surface area contributed by atoms with Crippen molar-refractivity contribution in [3.63, 3.8) is 0 Å². The SMILES string of the molecule is CC1(C)N=C(c2cncc(-c3ccc4c(c3)C(c3ccccc3)(c3ccccc3)c3cc(-c5cncc(C6=NC(C)(C)C(C)(C)S6)c5)c5ccccc5c3-4)c2)SC1(C)C. The molecule has 6 heteroatoms. The summed E-state index contributed by atoms with van der Waals surface area (Å²) < 4.78 is -0.0395. The second-order valence-corrected chi connectivity index (χ2v) is 21.5. The zero-order valence-electron chi connectivity index (χ0n) is 35.0. The molecule has 0 amide bonds. The molecule has 0 spiro atoms. The standard InChI is InChI=1S/C53H48N4S2/c1-49(2)51(5,6)58-47(56-49)36-25-34(29-54-31-36)33-23-24-42-44(27-33)53(38-17-11-9-12-18-38,39-19-13-10-14-20-39)45-28-43(40-21-15-16-22-41(40)46(42)45)35-26-37(32-55-30-35)48-57-50(3,4)52(7,8)59-48/h9-32H,1-8H3. The van der Waals surface area contributed by atoms with Crippen molar-refractivity contribution >= 4 is 44.4 Å². The van der Waals surface area contributed by atoms with E-state index in [9.17, 15) is 0 Å². The molecule has 0 atom stereocenters. The highest BCUT2D eigenvalue weighted by molar-refractivity contribution is 8.16. The van der Waals surface area contributed by atoms with Gasteiger partial charge in [0.2, 0.25) is 0 Å². The molecule has 4 heterocycles. The van der Waals surface area contributed by atoms with Crippen molar-refractivity contribution < 1.29 is 0 Å². The van der Waals surface area contributed by atoms with Crippen LogP contribution >= 0.6 is 23.5 Å². The van der Waals surface area contributed by atoms with E-state index >= 15 is 0 Å². The van der Waals surface area contributed by atoms with Crippen LogP contribution in [0, 0.1) is 0 Å². The lowest BCUT2D eigenvalue weighted by Gasteiger charge is -2.34. The van der Waals surface area contributed by atoms with Gasteiger partial charge in [0.25, 0.3) is 0 Å². The van der Waals surface area contributed by atoms with Gasteiger partial charge in [-0.3, -0.25) is 20.0 Å². The molecule has 3 aliphatic rings. The molecule has 0 N–H and O–H groups in total. The molecule has 1 aliphatic carbocycles. The van der Waals surface area contributed by atoms with Crippen molar-refractivity contribution in [1.29, 1.82) is 0 Å². The van der Waals surface area contributed by atoms with Crippen molar-refractivity contribution in [3.05, 3.63) is 179 Å². The maximum Gasteiger partial charge on any atom is 0.101 e. The van der Waals surface area contributed by atoms with E-state index in [1.165, 1.54) is 44.2 Å². The van der Waals surface area contributed by atoms with Gasteiger partial charge in [-0.05, 0) is 135 Å². The van der Waals surface area contributed by atoms with Crippen LogP contribution in [0.5, 0.6) is 0 Å². The normalized spacial score (nSPS) is 18.9. The highest BCUT2D eigenvalue weighted by atomic mass is 32.2. The number of hydrogen-bond donors (Lipinski definition) is 0. The zero-order chi connectivity index (χ0) is 41.0. The lowest BCUT2D eigenvalue weighted by atomic mass is 9.67. The number of fused-ring (bicyclic) bond motifs is 5. The second kappa shape index (κ2) is 13.4. The number of thioether (sulfide) groups is 2. The summed E-state index contributed by atoms with van der Waals surface area (Å²) in [5, 5.41) is 4.53. The van der Waals surface area contributed by atoms with Crippen LogP contribution in [0.25, 0.3) is 44.2 Å². The predicted molar refractivity (Wildman–Crippen MR) is 252 cm³/mol. The molecule has 59 heavy (non-hydrogen) atoms. The molecular formula is C53H48N4S2. The number of benzene rings is 5. The Morgan fingerprint density at radius 2 is 0.898 bits per heavy atom. The van der Waals surface area contributed by atoms with Crippen LogP contribution < -0.4 is 0 Å². The Balaban J connectivity index is 1.22. The Kier molecular flexibility index (Phi) is 8.59. The minimum atomic E-state index is -0.614. The molecular weight excluding hydrogens is 757 g/mol. The second-order valence-electron chi connectivity index (χ2n) is 18.2. The Labute approximate surface area is 356 Å². The van der Waals surface area contributed by atoms with Gasteiger partial charge in [0, 0.05) is 56.5 Å². The molecule has 0 unspecified atom stereocenters. The lowest BCUT2D eigenvalue weighted by Crippen LogP contribution is -2.36. The zero-order valence-corrected chi connectivity index (χ0v) is 36.6. The Morgan fingerprint density at radius 3 is 1.44 bits per heavy atom. The summed E-state index contributed by atoms with van der Waals surface area (Å²) in [6, 6.07) is 45.2. The molecule has 2 aliphatic heterocycles. The van der Waals surface area contributed by atoms with E-state index in [0.717, 1.165) is 43.5 Å². The number of hydrogen-bond acceptors (Lipinski definition) is 6. The fourth-order valence-corrected chi connectivity index (χ4v) is 11.5. The third kappa shape index (κ3) is 5.81. The van der Waals surface area contributed by atoms with E-state index in [1.54, 1.807) is 0 Å². The van der Waals surface area contributed by atoms with Gasteiger partial charge in [-0.2, -0.15) is 0 Å². The van der Waals surface area contributed by atoms with Gasteiger partial charge in [0.15, 0.2) is 0 Å². The number of rotatable bonds is 6. The quantitative estimate of drug-likeness (QED) is 0.168. The molecule has 0 fully saturated rings. The fraction of sp³-hybridized carbons (Fsp3) is 0.245. The monoisotopic (exact) mass is 804 g/mol. The third-order valence-electron chi connectivity index (χ3n) is 13.6. The molecule has 292 valence electrons. The van der Waals surface area contributed by atoms with Crippen molar-refractivity contribution in [2.24, 2.45) is 9.98 Å². The molecule has 0 saturated carbocycles. The minimum Gasteiger partial charge on any atom is -0.270 e. The van der Waals surface area contributed by atoms with E-state index in [1.807, 2.05) is 48.3 Å². The Hall–Kier alpha value is -5.30. The van der Waals surface area contributed by atoms with Crippen LogP contribution in [-0.4, -0.2) is 40.6 Å². The molecule has 0 saturated heterocycles. The molecule has 5 aromatic carbocycles. The number of aliphatic imine (C=N–C) groups is 2. The minimum absolute atomic E-state index is 0.0147. The van der Waals surface area contributed by atoms with Gasteiger partial charge < -0.3 is 0 Å². The highest BCUT2D eigenvalue weighted by Crippen LogP contribution is 2.60. The van der Waals surface area contributed by atoms with Crippen LogP contribution in [0.4, 0.5) is 0 Å². The predicted octanol–water partition coefficient (Wildman–Crippen LogP) is 13.4. The first-order valence-corrected chi connectivity index (χ1v) is 22.2. The summed E-state index contributed by atoms with van der Waals surface area (Å²) in [6.45, 7) is 18.0. The average Bonchev–Trinajstić information content (AvgIpc) is 3.75. The van der Waals surface area contributed by atoms with Gasteiger partial charge in [-0.25, -0.2) is 0 Å². The molecule has 0 radical (unpaired) electrons. The summed E-state index contributed by atoms with van der Waals surface area (Å²) >= 11 is 3.69. The van der Waals surface area contributed by atoms with E-state index < -0.39 is 5.41 Å². The maximum absolute atomic E-state index is 5.23. The fourth-order valence-electron chi connectivity index (χ4n) is 8.98. The van der Waals surface area contributed by atoms with Gasteiger partial charge in [-0.1, -0.05) is 121 Å². The van der Waals surface area contributed by atoms with E-state index in [0.29, 0.717) is 0 Å². The number of pyridine rings is 2. The first kappa shape index (κ1) is 37.9. The summed E-state index contributed by atoms with van der Waals surface area (Å²) in [5.41, 5.74) is 13.1. The molecule has 7 aromatic rings. The van der Waals surface area contributed by atoms with Crippen LogP contribution in [0.15, 0.2) is 156 Å². The van der Waals surface area contributed by atoms with Crippen molar-refractivity contribution in [2.45, 2.75) is 81.4 Å². The van der Waals surface area contributed by atoms with Gasteiger partial charge in [0.1, 0.15) is 10.1 Å². The number of aromatic nitrogens is 2. The van der Waals surface area contributed by atoms with Gasteiger partial charge in [-0.15, -0.1) is 0 Å². The topological polar surface area (TPSA) is 50.5 Å². The van der Waals surface area contributed by atoms with Crippen LogP contribution in [-0.2, 0) is 5.41 Å². The summed E-state index contributed by atoms with van der Waals surface area (Å²) in [6.07, 6.45) is 7.96. The van der Waals surface area contributed by atoms with Gasteiger partial charge in [0.05, 0.1) is 16.5 Å². The van der Waals surface area contributed by atoms with Gasteiger partial charge >= 0.3 is 0 Å². The molecule has 10 rings (SSSR count). The van der Waals surface area contributed by atoms with Crippen molar-refractivity contribution in [3.8, 4) is 33.4 Å². The summed E-state index contributed by atoms with van der Waals surface area (Å²) in [7, 11) is 0. The number of nitrogens with zero attached hydrogens (tertiary/aromatic N) is 4. The largest absolute Gasteiger partial charge is 0.270 e. The summed E-state index contributed by atoms with van der Waals surface area (Å²) in [5.74, 6) is 0. The van der Waals surface area contributed by atoms with Crippen molar-refractivity contribution in [2.75, 3.05) is 0 Å². The van der Waals surface area contributed by atoms with E-state index in [2.05, 4.69) is 177 Å². The van der Waals surface area contributed by atoms with Crippen LogP contribution in [0.1, 0.15) is 88.8 Å². The maximum atomic E-state index is 5.23. The Morgan fingerprint density at radius 1 is 0.407 bits per heavy atom. The first-order valence-electron chi connectivity index (χ1n) is 20.5. The molecule has 4 nitrogen and oxygen atoms in total. The Bertz CT molecular complexity index is 2850. The molecule has 2 aromatic heterocycles. The van der Waals surface area contributed by atoms with Crippen molar-refractivity contribution in [1.82, 2.24) is 9.97 Å². The van der Waals surface area contributed by atoms with E-state index in [4.69, 9.17) is 20.0 Å².